The van der Waals surface area contributed by atoms with Gasteiger partial charge in [0.2, 0.25) is 0 Å². The third-order valence-electron chi connectivity index (χ3n) is 3.03. The van der Waals surface area contributed by atoms with Crippen molar-refractivity contribution in [2.75, 3.05) is 18.5 Å². The molecule has 1 aromatic heterocycles. The van der Waals surface area contributed by atoms with Gasteiger partial charge in [0.1, 0.15) is 18.9 Å². The monoisotopic (exact) mass is 288 g/mol. The Bertz CT molecular complexity index is 627. The molecule has 1 aromatic carbocycles. The molecule has 21 heavy (non-hydrogen) atoms. The van der Waals surface area contributed by atoms with Crippen molar-refractivity contribution < 1.29 is 14.6 Å². The number of nitrogens with one attached hydrogen (secondary N) is 2. The Morgan fingerprint density at radius 2 is 2.10 bits per heavy atom. The maximum atomic E-state index is 10.5. The minimum atomic E-state index is -0.441. The van der Waals surface area contributed by atoms with Crippen molar-refractivity contribution in [3.8, 4) is 5.75 Å². The normalized spacial score (nSPS) is 10.2. The molecule has 6 heteroatoms. The zero-order valence-corrected chi connectivity index (χ0v) is 12.1. The number of hydrogen-bond donors (Lipinski definition) is 1. The fourth-order valence-electron chi connectivity index (χ4n) is 1.85. The highest BCUT2D eigenvalue weighted by molar-refractivity contribution is 5.36. The van der Waals surface area contributed by atoms with Crippen LogP contribution in [0.5, 0.6) is 5.75 Å². The van der Waals surface area contributed by atoms with Crippen molar-refractivity contribution >= 4 is 11.5 Å². The van der Waals surface area contributed by atoms with E-state index in [-0.39, 0.29) is 5.69 Å². The Kier molecular flexibility index (Phi) is 4.71. The molecule has 0 radical (unpaired) electrons. The molecule has 2 N–H and O–H groups in total. The molecule has 0 spiro atoms. The summed E-state index contributed by atoms with van der Waals surface area (Å²) in [6, 6.07) is 9.17. The molecular weight excluding hydrogens is 270 g/mol. The van der Waals surface area contributed by atoms with Crippen molar-refractivity contribution in [1.29, 1.82) is 0 Å². The summed E-state index contributed by atoms with van der Waals surface area (Å²) in [6.07, 6.45) is 1.36. The van der Waals surface area contributed by atoms with E-state index in [1.807, 2.05) is 32.0 Å². The average molecular weight is 288 g/mol. The van der Waals surface area contributed by atoms with Crippen molar-refractivity contribution in [3.05, 3.63) is 57.8 Å². The van der Waals surface area contributed by atoms with Gasteiger partial charge in [-0.05, 0) is 31.0 Å². The van der Waals surface area contributed by atoms with Gasteiger partial charge in [-0.15, -0.1) is 0 Å². The molecule has 0 amide bonds. The van der Waals surface area contributed by atoms with E-state index in [0.29, 0.717) is 19.0 Å². The summed E-state index contributed by atoms with van der Waals surface area (Å²) in [7, 11) is 0. The summed E-state index contributed by atoms with van der Waals surface area (Å²) in [5.74, 6) is 1.59. The summed E-state index contributed by atoms with van der Waals surface area (Å²) in [5, 5.41) is 13.6. The number of aromatic amines is 1. The van der Waals surface area contributed by atoms with E-state index in [9.17, 15) is 10.1 Å². The van der Waals surface area contributed by atoms with E-state index in [4.69, 9.17) is 4.74 Å². The van der Waals surface area contributed by atoms with Gasteiger partial charge in [0, 0.05) is 12.1 Å². The van der Waals surface area contributed by atoms with Crippen LogP contribution in [0, 0.1) is 24.0 Å². The van der Waals surface area contributed by atoms with E-state index in [1.165, 1.54) is 12.3 Å². The highest BCUT2D eigenvalue weighted by Crippen LogP contribution is 2.18. The lowest BCUT2D eigenvalue weighted by Crippen LogP contribution is -2.18. The summed E-state index contributed by atoms with van der Waals surface area (Å²) in [5.41, 5.74) is 2.29. The molecule has 0 atom stereocenters. The van der Waals surface area contributed by atoms with Gasteiger partial charge in [-0.3, -0.25) is 15.4 Å². The first-order valence-electron chi connectivity index (χ1n) is 6.66. The smallest absolute Gasteiger partial charge is 0.308 e. The van der Waals surface area contributed by atoms with Gasteiger partial charge >= 0.3 is 5.69 Å². The second kappa shape index (κ2) is 6.69. The first-order valence-corrected chi connectivity index (χ1v) is 6.66. The number of pyridine rings is 1. The Morgan fingerprint density at radius 1 is 1.29 bits per heavy atom. The number of ether oxygens (including phenoxy) is 1. The largest absolute Gasteiger partial charge is 0.489 e. The number of benzene rings is 1. The molecular formula is C15H18N3O3+. The molecule has 2 rings (SSSR count). The molecule has 0 aliphatic heterocycles. The van der Waals surface area contributed by atoms with E-state index in [1.54, 1.807) is 6.07 Å². The summed E-state index contributed by atoms with van der Waals surface area (Å²) >= 11 is 0. The standard InChI is InChI=1S/C15H17N3O3/c1-11-3-4-12(2)14(9-11)21-8-7-16-15-6-5-13(10-17-15)18(19)20/h3-6,9-10H,7-8H2,1-2H3,(H,16,17)/p+1. The van der Waals surface area contributed by atoms with Gasteiger partial charge in [0.15, 0.2) is 6.20 Å². The van der Waals surface area contributed by atoms with Crippen LogP contribution in [0.4, 0.5) is 11.5 Å². The summed E-state index contributed by atoms with van der Waals surface area (Å²) < 4.78 is 5.72. The molecule has 0 saturated heterocycles. The number of nitro groups is 1. The van der Waals surface area contributed by atoms with Crippen LogP contribution in [0.3, 0.4) is 0 Å². The van der Waals surface area contributed by atoms with E-state index >= 15 is 0 Å². The molecule has 0 fully saturated rings. The number of anilines is 1. The SMILES string of the molecule is Cc1ccc(C)c(OCCNc2ccc([N+](=O)[O-])c[nH+]2)c1. The third kappa shape index (κ3) is 4.17. The van der Waals surface area contributed by atoms with Crippen molar-refractivity contribution in [3.63, 3.8) is 0 Å². The van der Waals surface area contributed by atoms with Crippen LogP contribution in [0.25, 0.3) is 0 Å². The van der Waals surface area contributed by atoms with Crippen LogP contribution >= 0.6 is 0 Å². The minimum Gasteiger partial charge on any atom is -0.489 e. The molecule has 0 aliphatic rings. The number of hydrogen-bond acceptors (Lipinski definition) is 4. The van der Waals surface area contributed by atoms with Gasteiger partial charge in [-0.1, -0.05) is 12.1 Å². The van der Waals surface area contributed by atoms with Gasteiger partial charge < -0.3 is 4.74 Å². The minimum absolute atomic E-state index is 0.0344. The molecule has 6 nitrogen and oxygen atoms in total. The molecule has 110 valence electrons. The molecule has 0 aliphatic carbocycles. The van der Waals surface area contributed by atoms with Crippen molar-refractivity contribution in [2.24, 2.45) is 0 Å². The lowest BCUT2D eigenvalue weighted by atomic mass is 10.1. The van der Waals surface area contributed by atoms with Crippen LogP contribution in [-0.2, 0) is 0 Å². The maximum absolute atomic E-state index is 10.5. The van der Waals surface area contributed by atoms with E-state index < -0.39 is 4.92 Å². The van der Waals surface area contributed by atoms with Crippen LogP contribution in [0.2, 0.25) is 0 Å². The second-order valence-electron chi connectivity index (χ2n) is 4.76. The van der Waals surface area contributed by atoms with Gasteiger partial charge in [0.05, 0.1) is 4.92 Å². The van der Waals surface area contributed by atoms with Gasteiger partial charge in [0.25, 0.3) is 5.82 Å². The van der Waals surface area contributed by atoms with Crippen molar-refractivity contribution in [2.45, 2.75) is 13.8 Å². The van der Waals surface area contributed by atoms with E-state index in [0.717, 1.165) is 16.9 Å². The average Bonchev–Trinajstić information content (AvgIpc) is 2.47. The fraction of sp³-hybridized carbons (Fsp3) is 0.267. The third-order valence-corrected chi connectivity index (χ3v) is 3.03. The zero-order chi connectivity index (χ0) is 15.2. The highest BCUT2D eigenvalue weighted by atomic mass is 16.6. The van der Waals surface area contributed by atoms with Crippen molar-refractivity contribution in [1.82, 2.24) is 0 Å². The maximum Gasteiger partial charge on any atom is 0.308 e. The predicted octanol–water partition coefficient (Wildman–Crippen LogP) is 2.52. The predicted molar refractivity (Wildman–Crippen MR) is 79.6 cm³/mol. The van der Waals surface area contributed by atoms with E-state index in [2.05, 4.69) is 10.3 Å². The lowest BCUT2D eigenvalue weighted by Gasteiger charge is -2.08. The molecule has 1 heterocycles. The summed E-state index contributed by atoms with van der Waals surface area (Å²) in [4.78, 5) is 12.9. The quantitative estimate of drug-likeness (QED) is 0.503. The number of rotatable bonds is 6. The lowest BCUT2D eigenvalue weighted by molar-refractivity contribution is -0.413. The van der Waals surface area contributed by atoms with Gasteiger partial charge in [-0.25, -0.2) is 4.98 Å². The van der Waals surface area contributed by atoms with Crippen LogP contribution < -0.4 is 15.0 Å². The first-order chi connectivity index (χ1) is 10.1. The number of aryl methyl sites for hydroxylation is 2. The highest BCUT2D eigenvalue weighted by Gasteiger charge is 2.08. The molecule has 0 saturated carbocycles. The van der Waals surface area contributed by atoms with Crippen LogP contribution in [0.1, 0.15) is 11.1 Å². The number of nitrogens with zero attached hydrogens (tertiary/aromatic N) is 1. The van der Waals surface area contributed by atoms with Crippen LogP contribution in [-0.4, -0.2) is 18.1 Å². The first kappa shape index (κ1) is 14.8. The second-order valence-corrected chi connectivity index (χ2v) is 4.76. The Morgan fingerprint density at radius 3 is 2.76 bits per heavy atom. The molecule has 0 unspecified atom stereocenters. The zero-order valence-electron chi connectivity index (χ0n) is 12.1. The Balaban J connectivity index is 1.81. The van der Waals surface area contributed by atoms with Gasteiger partial charge in [-0.2, -0.15) is 0 Å². The Hall–Kier alpha value is -2.63. The van der Waals surface area contributed by atoms with Crippen LogP contribution in [0.15, 0.2) is 36.5 Å². The number of H-pyrrole nitrogens is 1. The molecule has 2 aromatic rings. The summed E-state index contributed by atoms with van der Waals surface area (Å²) in [6.45, 7) is 5.14. The fourth-order valence-corrected chi connectivity index (χ4v) is 1.85. The molecule has 0 bridgehead atoms. The number of aromatic nitrogens is 1. The Labute approximate surface area is 122 Å². The topological polar surface area (TPSA) is 78.5 Å².